The van der Waals surface area contributed by atoms with Crippen LogP contribution in [0.15, 0.2) is 96.6 Å². The van der Waals surface area contributed by atoms with Crippen molar-refractivity contribution in [3.8, 4) is 0 Å². The molecule has 3 aromatic carbocycles. The summed E-state index contributed by atoms with van der Waals surface area (Å²) in [6, 6.07) is 30.6. The molecular weight excluding hydrogens is 288 g/mol. The second kappa shape index (κ2) is 5.07. The Kier molecular flexibility index (Phi) is 2.87. The molecule has 0 unspecified atom stereocenters. The van der Waals surface area contributed by atoms with Gasteiger partial charge in [0.05, 0.1) is 0 Å². The van der Waals surface area contributed by atoms with Gasteiger partial charge in [-0.3, -0.25) is 0 Å². The number of hydrogen-bond donors (Lipinski definition) is 0. The van der Waals surface area contributed by atoms with E-state index in [9.17, 15) is 0 Å². The van der Waals surface area contributed by atoms with E-state index in [4.69, 9.17) is 0 Å². The van der Waals surface area contributed by atoms with Gasteiger partial charge in [-0.25, -0.2) is 0 Å². The van der Waals surface area contributed by atoms with Gasteiger partial charge in [0.1, 0.15) is 0 Å². The van der Waals surface area contributed by atoms with Crippen molar-refractivity contribution >= 4 is 11.6 Å². The molecule has 0 fully saturated rings. The van der Waals surface area contributed by atoms with Crippen molar-refractivity contribution in [3.63, 3.8) is 0 Å². The van der Waals surface area contributed by atoms with Crippen LogP contribution >= 0.6 is 0 Å². The number of allylic oxidation sites excluding steroid dienone is 3. The van der Waals surface area contributed by atoms with Crippen molar-refractivity contribution in [2.75, 3.05) is 0 Å². The molecule has 24 heavy (non-hydrogen) atoms. The fourth-order valence-corrected chi connectivity index (χ4v) is 4.34. The van der Waals surface area contributed by atoms with E-state index in [-0.39, 0.29) is 5.41 Å². The van der Waals surface area contributed by atoms with E-state index in [0.29, 0.717) is 0 Å². The number of fused-ring (bicyclic) bond motifs is 3. The van der Waals surface area contributed by atoms with Gasteiger partial charge in [0.15, 0.2) is 0 Å². The lowest BCUT2D eigenvalue weighted by Crippen LogP contribution is -2.26. The summed E-state index contributed by atoms with van der Waals surface area (Å²) in [5, 5.41) is 0. The predicted molar refractivity (Wildman–Crippen MR) is 101 cm³/mol. The molecule has 3 aromatic rings. The van der Waals surface area contributed by atoms with Crippen LogP contribution in [0.3, 0.4) is 0 Å². The maximum absolute atomic E-state index is 2.43. The summed E-state index contributed by atoms with van der Waals surface area (Å²) in [6.07, 6.45) is 5.85. The highest BCUT2D eigenvalue weighted by Gasteiger charge is 2.44. The molecule has 0 N–H and O–H groups in total. The van der Waals surface area contributed by atoms with Crippen molar-refractivity contribution in [1.29, 1.82) is 0 Å². The Morgan fingerprint density at radius 2 is 1.21 bits per heavy atom. The summed E-state index contributed by atoms with van der Waals surface area (Å²) in [4.78, 5) is 0. The molecule has 0 atom stereocenters. The second-order valence-electron chi connectivity index (χ2n) is 6.60. The minimum atomic E-state index is -0.0725. The summed E-state index contributed by atoms with van der Waals surface area (Å²) in [5.74, 6) is 0. The third-order valence-corrected chi connectivity index (χ3v) is 5.45. The first-order valence-corrected chi connectivity index (χ1v) is 8.53. The molecule has 5 rings (SSSR count). The molecule has 2 aliphatic rings. The summed E-state index contributed by atoms with van der Waals surface area (Å²) < 4.78 is 0. The Morgan fingerprint density at radius 3 is 1.88 bits per heavy atom. The molecule has 0 heterocycles. The topological polar surface area (TPSA) is 0 Å². The minimum Gasteiger partial charge on any atom is -0.0748 e. The van der Waals surface area contributed by atoms with Gasteiger partial charge in [-0.15, -0.1) is 0 Å². The van der Waals surface area contributed by atoms with Crippen LogP contribution in [0.2, 0.25) is 0 Å². The van der Waals surface area contributed by atoms with Gasteiger partial charge in [-0.05, 0) is 45.9 Å². The van der Waals surface area contributed by atoms with E-state index in [1.165, 1.54) is 33.4 Å². The van der Waals surface area contributed by atoms with E-state index >= 15 is 0 Å². The number of rotatable bonds is 2. The average molecular weight is 306 g/mol. The van der Waals surface area contributed by atoms with Crippen LogP contribution in [0.1, 0.15) is 28.7 Å². The fraction of sp³-hybridized carbons (Fsp3) is 0.0833. The predicted octanol–water partition coefficient (Wildman–Crippen LogP) is 5.86. The van der Waals surface area contributed by atoms with Crippen molar-refractivity contribution < 1.29 is 0 Å². The monoisotopic (exact) mass is 306 g/mol. The lowest BCUT2D eigenvalue weighted by Gasteiger charge is -2.33. The maximum atomic E-state index is 2.43. The van der Waals surface area contributed by atoms with Crippen LogP contribution in [-0.4, -0.2) is 0 Å². The number of benzene rings is 3. The molecule has 114 valence electrons. The van der Waals surface area contributed by atoms with Crippen molar-refractivity contribution in [3.05, 3.63) is 119 Å². The zero-order valence-electron chi connectivity index (χ0n) is 13.4. The lowest BCUT2D eigenvalue weighted by atomic mass is 9.69. The first-order chi connectivity index (χ1) is 11.9. The van der Waals surface area contributed by atoms with Gasteiger partial charge < -0.3 is 0 Å². The summed E-state index contributed by atoms with van der Waals surface area (Å²) in [7, 11) is 0. The average Bonchev–Trinajstić information content (AvgIpc) is 3.21. The van der Waals surface area contributed by atoms with Gasteiger partial charge in [-0.1, -0.05) is 91.0 Å². The normalized spacial score (nSPS) is 17.0. The Hall–Kier alpha value is -2.86. The largest absolute Gasteiger partial charge is 0.0748 e. The molecule has 0 spiro atoms. The molecular formula is C24H18. The van der Waals surface area contributed by atoms with Crippen LogP contribution in [0.5, 0.6) is 0 Å². The van der Waals surface area contributed by atoms with Crippen molar-refractivity contribution in [2.45, 2.75) is 11.8 Å². The first-order valence-electron chi connectivity index (χ1n) is 8.53. The third-order valence-electron chi connectivity index (χ3n) is 5.45. The number of hydrogen-bond acceptors (Lipinski definition) is 0. The van der Waals surface area contributed by atoms with Gasteiger partial charge in [0.25, 0.3) is 0 Å². The first kappa shape index (κ1) is 13.6. The van der Waals surface area contributed by atoms with Crippen molar-refractivity contribution in [2.24, 2.45) is 0 Å². The van der Waals surface area contributed by atoms with E-state index in [1.807, 2.05) is 0 Å². The second-order valence-corrected chi connectivity index (χ2v) is 6.60. The molecule has 2 aliphatic carbocycles. The summed E-state index contributed by atoms with van der Waals surface area (Å²) >= 11 is 0. The van der Waals surface area contributed by atoms with E-state index in [0.717, 1.165) is 6.42 Å². The van der Waals surface area contributed by atoms with Crippen LogP contribution in [0, 0.1) is 0 Å². The van der Waals surface area contributed by atoms with Crippen LogP contribution in [0.4, 0.5) is 0 Å². The van der Waals surface area contributed by atoms with Gasteiger partial charge in [0, 0.05) is 5.41 Å². The highest BCUT2D eigenvalue weighted by atomic mass is 14.5. The standard InChI is InChI=1S/C24H18/c1-3-10-19(11-4-1)24(20-12-5-2-6-13-20)16-15-22-21-14-8-7-9-18(21)17-23(22)24/h1-15,17H,16H2. The molecule has 0 bridgehead atoms. The molecule has 0 saturated heterocycles. The maximum Gasteiger partial charge on any atom is 0.0492 e. The summed E-state index contributed by atoms with van der Waals surface area (Å²) in [5.41, 5.74) is 8.26. The molecule has 0 saturated carbocycles. The zero-order chi connectivity index (χ0) is 16.0. The lowest BCUT2D eigenvalue weighted by molar-refractivity contribution is 0.656. The van der Waals surface area contributed by atoms with Crippen LogP contribution in [-0.2, 0) is 5.41 Å². The SMILES string of the molecule is C1=C2C(=Cc3ccccc32)C(c2ccccc2)(c2ccccc2)C1. The minimum absolute atomic E-state index is 0.0725. The quantitative estimate of drug-likeness (QED) is 0.556. The molecule has 0 aliphatic heterocycles. The van der Waals surface area contributed by atoms with Gasteiger partial charge in [0.2, 0.25) is 0 Å². The van der Waals surface area contributed by atoms with Gasteiger partial charge >= 0.3 is 0 Å². The van der Waals surface area contributed by atoms with E-state index in [1.54, 1.807) is 0 Å². The Bertz CT molecular complexity index is 920. The molecule has 0 heteroatoms. The smallest absolute Gasteiger partial charge is 0.0492 e. The highest BCUT2D eigenvalue weighted by molar-refractivity contribution is 5.99. The van der Waals surface area contributed by atoms with Crippen molar-refractivity contribution in [1.82, 2.24) is 0 Å². The van der Waals surface area contributed by atoms with E-state index < -0.39 is 0 Å². The van der Waals surface area contributed by atoms with Crippen LogP contribution in [0.25, 0.3) is 11.6 Å². The fourth-order valence-electron chi connectivity index (χ4n) is 4.34. The highest BCUT2D eigenvalue weighted by Crippen LogP contribution is 2.56. The summed E-state index contributed by atoms with van der Waals surface area (Å²) in [6.45, 7) is 0. The van der Waals surface area contributed by atoms with Crippen LogP contribution < -0.4 is 0 Å². The van der Waals surface area contributed by atoms with Gasteiger partial charge in [-0.2, -0.15) is 0 Å². The molecule has 0 amide bonds. The Balaban J connectivity index is 1.78. The Morgan fingerprint density at radius 1 is 0.625 bits per heavy atom. The molecule has 0 aromatic heterocycles. The Labute approximate surface area is 142 Å². The van der Waals surface area contributed by atoms with E-state index in [2.05, 4.69) is 97.1 Å². The zero-order valence-corrected chi connectivity index (χ0v) is 13.4. The third kappa shape index (κ3) is 1.74. The molecule has 0 nitrogen and oxygen atoms in total. The molecule has 0 radical (unpaired) electrons.